The lowest BCUT2D eigenvalue weighted by Crippen LogP contribution is -2.59. The van der Waals surface area contributed by atoms with Gasteiger partial charge in [-0.3, -0.25) is 24.0 Å². The maximum atomic E-state index is 14.1. The van der Waals surface area contributed by atoms with Gasteiger partial charge in [0.15, 0.2) is 14.1 Å². The van der Waals surface area contributed by atoms with Gasteiger partial charge >= 0.3 is 0 Å². The number of amides is 4. The molecule has 12 nitrogen and oxygen atoms in total. The van der Waals surface area contributed by atoms with Crippen LogP contribution in [0.3, 0.4) is 0 Å². The Bertz CT molecular complexity index is 1500. The number of hydrogen-bond donors (Lipinski definition) is 6. The average molecular weight is 752 g/mol. The van der Waals surface area contributed by atoms with E-state index >= 15 is 0 Å². The first-order valence-electron chi connectivity index (χ1n) is 18.9. The molecule has 292 valence electrons. The summed E-state index contributed by atoms with van der Waals surface area (Å²) in [5.74, 6) is -2.03. The van der Waals surface area contributed by atoms with Crippen LogP contribution in [0.2, 0.25) is 19.1 Å². The van der Waals surface area contributed by atoms with Crippen molar-refractivity contribution in [1.82, 2.24) is 26.6 Å². The fourth-order valence-electron chi connectivity index (χ4n) is 5.97. The summed E-state index contributed by atoms with van der Waals surface area (Å²) in [5.41, 5.74) is 0.873. The van der Waals surface area contributed by atoms with E-state index in [1.165, 1.54) is 0 Å². The number of ether oxygens (including phenoxy) is 1. The van der Waals surface area contributed by atoms with Gasteiger partial charge in [0.1, 0.15) is 23.7 Å². The Morgan fingerprint density at radius 3 is 1.77 bits per heavy atom. The molecule has 1 heterocycles. The molecule has 0 aliphatic carbocycles. The highest BCUT2D eigenvalue weighted by Gasteiger charge is 2.50. The second-order valence-electron chi connectivity index (χ2n) is 15.9. The Balaban J connectivity index is 1.80. The number of carbonyl (C=O) groups is 5. The first-order valence-corrected chi connectivity index (χ1v) is 22.0. The lowest BCUT2D eigenvalue weighted by Gasteiger charge is -2.28. The molecule has 5 atom stereocenters. The second kappa shape index (κ2) is 20.5. The Labute approximate surface area is 316 Å². The van der Waals surface area contributed by atoms with Crippen LogP contribution in [0.5, 0.6) is 0 Å². The predicted molar refractivity (Wildman–Crippen MR) is 208 cm³/mol. The molecule has 53 heavy (non-hydrogen) atoms. The number of Topliss-reactive ketones (excluding diaryl/α,β-unsaturated/α-hetero) is 1. The largest absolute Gasteiger partial charge is 0.432 e. The van der Waals surface area contributed by atoms with Gasteiger partial charge in [-0.05, 0) is 81.3 Å². The molecule has 2 aromatic carbocycles. The van der Waals surface area contributed by atoms with Crippen LogP contribution in [0.15, 0.2) is 60.7 Å². The minimum absolute atomic E-state index is 0.000616. The van der Waals surface area contributed by atoms with Gasteiger partial charge in [0.05, 0.1) is 19.2 Å². The van der Waals surface area contributed by atoms with Gasteiger partial charge < -0.3 is 36.1 Å². The summed E-state index contributed by atoms with van der Waals surface area (Å²) in [6.45, 7) is 13.9. The van der Waals surface area contributed by atoms with Crippen molar-refractivity contribution in [3.8, 4) is 0 Å². The van der Waals surface area contributed by atoms with E-state index in [-0.39, 0.29) is 42.9 Å². The molecule has 2 aromatic rings. The SMILES string of the molecule is CC(C)C[C@H](NC(=O)[C@H](CCc1ccccc1)NC(=O)CNCC[Si](C)(C)O)C(=O)N[C@@H](Cc1ccccc1)C(=O)N[C@@H](CC(C)C)C(=O)[C@@]1(C)CO1. The fourth-order valence-corrected chi connectivity index (χ4v) is 6.76. The number of rotatable bonds is 23. The summed E-state index contributed by atoms with van der Waals surface area (Å²) < 4.78 is 5.40. The molecule has 3 rings (SSSR count). The van der Waals surface area contributed by atoms with Crippen LogP contribution in [0.25, 0.3) is 0 Å². The summed E-state index contributed by atoms with van der Waals surface area (Å²) in [4.78, 5) is 78.4. The summed E-state index contributed by atoms with van der Waals surface area (Å²) >= 11 is 0. The molecular formula is C40H61N5O7Si. The lowest BCUT2D eigenvalue weighted by atomic mass is 9.93. The van der Waals surface area contributed by atoms with Gasteiger partial charge in [0, 0.05) is 6.42 Å². The molecule has 6 N–H and O–H groups in total. The monoisotopic (exact) mass is 751 g/mol. The average Bonchev–Trinajstić information content (AvgIpc) is 3.85. The van der Waals surface area contributed by atoms with Crippen LogP contribution in [0, 0.1) is 11.8 Å². The van der Waals surface area contributed by atoms with Crippen molar-refractivity contribution >= 4 is 37.7 Å². The van der Waals surface area contributed by atoms with Crippen molar-refractivity contribution in [2.75, 3.05) is 19.7 Å². The predicted octanol–water partition coefficient (Wildman–Crippen LogP) is 3.04. The number of epoxide rings is 1. The molecule has 1 aliphatic rings. The smallest absolute Gasteiger partial charge is 0.243 e. The normalized spacial score (nSPS) is 17.7. The Morgan fingerprint density at radius 1 is 0.736 bits per heavy atom. The third-order valence-corrected chi connectivity index (χ3v) is 10.6. The number of nitrogens with one attached hydrogen (secondary N) is 5. The fraction of sp³-hybridized carbons (Fsp3) is 0.575. The van der Waals surface area contributed by atoms with Crippen molar-refractivity contribution in [1.29, 1.82) is 0 Å². The molecule has 4 amide bonds. The summed E-state index contributed by atoms with van der Waals surface area (Å²) in [5, 5.41) is 14.6. The zero-order valence-electron chi connectivity index (χ0n) is 32.5. The summed E-state index contributed by atoms with van der Waals surface area (Å²) in [6.07, 6.45) is 1.66. The van der Waals surface area contributed by atoms with E-state index in [4.69, 9.17) is 4.74 Å². The molecule has 13 heteroatoms. The van der Waals surface area contributed by atoms with Gasteiger partial charge in [0.2, 0.25) is 23.6 Å². The standard InChI is InChI=1S/C40H61N5O7Si/c1-27(2)22-32(36(47)40(5)26-52-40)43-39(50)34(24-30-16-12-9-13-17-30)45-38(49)33(23-28(3)4)44-37(48)31(19-18-29-14-10-8-11-15-29)42-35(46)25-41-20-21-53(6,7)51/h8-17,27-28,31-34,41,51H,18-26H2,1-7H3,(H,42,46)(H,43,50)(H,44,48)(H,45,49)/t31-,32-,33-,34-,40+/m0/s1. The number of aryl methyl sites for hydroxylation is 1. The van der Waals surface area contributed by atoms with Crippen LogP contribution in [0.4, 0.5) is 0 Å². The summed E-state index contributed by atoms with van der Waals surface area (Å²) in [6, 6.07) is 15.7. The minimum Gasteiger partial charge on any atom is -0.432 e. The maximum Gasteiger partial charge on any atom is 0.243 e. The van der Waals surface area contributed by atoms with Crippen molar-refractivity contribution < 1.29 is 33.5 Å². The number of ketones is 1. The van der Waals surface area contributed by atoms with Crippen LogP contribution in [0.1, 0.15) is 65.0 Å². The Morgan fingerprint density at radius 2 is 1.23 bits per heavy atom. The van der Waals surface area contributed by atoms with Crippen molar-refractivity contribution in [2.45, 2.75) is 116 Å². The first kappa shape index (κ1) is 43.5. The molecule has 1 saturated heterocycles. The Kier molecular flexibility index (Phi) is 16.8. The highest BCUT2D eigenvalue weighted by atomic mass is 28.4. The third kappa shape index (κ3) is 15.9. The van der Waals surface area contributed by atoms with E-state index in [0.717, 1.165) is 11.1 Å². The topological polar surface area (TPSA) is 178 Å². The molecule has 0 bridgehead atoms. The molecular weight excluding hydrogens is 691 g/mol. The Hall–Kier alpha value is -3.91. The van der Waals surface area contributed by atoms with E-state index in [2.05, 4.69) is 26.6 Å². The molecule has 1 aliphatic heterocycles. The lowest BCUT2D eigenvalue weighted by molar-refractivity contribution is -0.135. The molecule has 1 fully saturated rings. The molecule has 0 radical (unpaired) electrons. The number of hydrogen-bond acceptors (Lipinski definition) is 8. The third-order valence-electron chi connectivity index (χ3n) is 9.11. The van der Waals surface area contributed by atoms with Crippen molar-refractivity contribution in [3.63, 3.8) is 0 Å². The number of benzene rings is 2. The highest BCUT2D eigenvalue weighted by Crippen LogP contribution is 2.29. The van der Waals surface area contributed by atoms with E-state index in [1.54, 1.807) is 6.92 Å². The molecule has 0 unspecified atom stereocenters. The van der Waals surface area contributed by atoms with E-state index < -0.39 is 55.8 Å². The maximum absolute atomic E-state index is 14.1. The van der Waals surface area contributed by atoms with Crippen LogP contribution in [-0.2, 0) is 41.6 Å². The number of carbonyl (C=O) groups excluding carboxylic acids is 5. The van der Waals surface area contributed by atoms with Gasteiger partial charge in [-0.15, -0.1) is 0 Å². The van der Waals surface area contributed by atoms with Crippen LogP contribution in [-0.4, -0.2) is 92.0 Å². The van der Waals surface area contributed by atoms with Crippen LogP contribution < -0.4 is 26.6 Å². The molecule has 0 aromatic heterocycles. The zero-order chi connectivity index (χ0) is 39.2. The van der Waals surface area contributed by atoms with E-state index in [1.807, 2.05) is 101 Å². The van der Waals surface area contributed by atoms with E-state index in [0.29, 0.717) is 38.5 Å². The second-order valence-corrected chi connectivity index (χ2v) is 20.0. The van der Waals surface area contributed by atoms with Gasteiger partial charge in [-0.1, -0.05) is 88.4 Å². The first-order chi connectivity index (χ1) is 25.0. The van der Waals surface area contributed by atoms with Gasteiger partial charge in [-0.2, -0.15) is 0 Å². The molecule has 0 saturated carbocycles. The summed E-state index contributed by atoms with van der Waals surface area (Å²) in [7, 11) is -2.28. The van der Waals surface area contributed by atoms with Gasteiger partial charge in [0.25, 0.3) is 0 Å². The van der Waals surface area contributed by atoms with Crippen molar-refractivity contribution in [3.05, 3.63) is 71.8 Å². The van der Waals surface area contributed by atoms with Crippen LogP contribution >= 0.6 is 0 Å². The zero-order valence-corrected chi connectivity index (χ0v) is 33.5. The van der Waals surface area contributed by atoms with Crippen molar-refractivity contribution in [2.24, 2.45) is 11.8 Å². The quantitative estimate of drug-likeness (QED) is 0.0570. The van der Waals surface area contributed by atoms with Gasteiger partial charge in [-0.25, -0.2) is 0 Å². The highest BCUT2D eigenvalue weighted by molar-refractivity contribution is 6.69. The van der Waals surface area contributed by atoms with E-state index in [9.17, 15) is 28.8 Å². The molecule has 0 spiro atoms. The minimum atomic E-state index is -2.28.